The third kappa shape index (κ3) is 4.06. The van der Waals surface area contributed by atoms with E-state index in [1.807, 2.05) is 12.1 Å². The van der Waals surface area contributed by atoms with E-state index < -0.39 is 9.84 Å². The molecule has 0 amide bonds. The van der Waals surface area contributed by atoms with Crippen molar-refractivity contribution in [3.63, 3.8) is 0 Å². The van der Waals surface area contributed by atoms with Gasteiger partial charge in [0.1, 0.15) is 0 Å². The summed E-state index contributed by atoms with van der Waals surface area (Å²) in [7, 11) is -3.12. The van der Waals surface area contributed by atoms with Crippen molar-refractivity contribution in [2.24, 2.45) is 0 Å². The van der Waals surface area contributed by atoms with Crippen molar-refractivity contribution in [2.45, 2.75) is 47.4 Å². The van der Waals surface area contributed by atoms with Gasteiger partial charge in [0.2, 0.25) is 0 Å². The third-order valence-electron chi connectivity index (χ3n) is 5.64. The van der Waals surface area contributed by atoms with E-state index in [0.29, 0.717) is 22.9 Å². The van der Waals surface area contributed by atoms with Gasteiger partial charge in [0.25, 0.3) is 0 Å². The van der Waals surface area contributed by atoms with E-state index in [9.17, 15) is 8.42 Å². The van der Waals surface area contributed by atoms with Gasteiger partial charge < -0.3 is 5.32 Å². The molecule has 138 valence electrons. The van der Waals surface area contributed by atoms with Crippen LogP contribution in [0, 0.1) is 0 Å². The molecule has 1 aromatic rings. The van der Waals surface area contributed by atoms with Gasteiger partial charge in [-0.15, -0.1) is 0 Å². The predicted molar refractivity (Wildman–Crippen MR) is 103 cm³/mol. The molecule has 25 heavy (non-hydrogen) atoms. The molecule has 0 aliphatic carbocycles. The highest BCUT2D eigenvalue weighted by atomic mass is 32.2. The fourth-order valence-electron chi connectivity index (χ4n) is 4.25. The average molecular weight is 382 g/mol. The van der Waals surface area contributed by atoms with Crippen LogP contribution in [0.4, 0.5) is 0 Å². The number of benzene rings is 1. The van der Waals surface area contributed by atoms with E-state index in [2.05, 4.69) is 27.5 Å². The van der Waals surface area contributed by atoms with E-state index in [1.54, 1.807) is 12.1 Å². The van der Waals surface area contributed by atoms with Crippen molar-refractivity contribution in [3.8, 4) is 0 Å². The molecular formula is C18H27N3O2S2. The molecule has 5 nitrogen and oxygen atoms in total. The first-order chi connectivity index (χ1) is 12.0. The molecule has 0 radical (unpaired) electrons. The quantitative estimate of drug-likeness (QED) is 0.827. The zero-order valence-corrected chi connectivity index (χ0v) is 16.3. The molecule has 4 unspecified atom stereocenters. The standard InChI is InChI=1S/C18H27N3O2S2/c1-25(22,23)16-6-4-13(5-7-16)14-9-17-18(19-10-14)12-21(20-17)11-15-3-2-8-24-15/h4-7,14-15,17-20H,2-3,8-12H2,1H3. The number of thioether (sulfide) groups is 1. The fraction of sp³-hybridized carbons (Fsp3) is 0.667. The van der Waals surface area contributed by atoms with Gasteiger partial charge in [-0.25, -0.2) is 13.4 Å². The van der Waals surface area contributed by atoms with Gasteiger partial charge in [0, 0.05) is 43.2 Å². The molecule has 4 atom stereocenters. The molecule has 0 bridgehead atoms. The number of rotatable bonds is 4. The topological polar surface area (TPSA) is 61.4 Å². The lowest BCUT2D eigenvalue weighted by Crippen LogP contribution is -2.49. The first-order valence-electron chi connectivity index (χ1n) is 9.15. The smallest absolute Gasteiger partial charge is 0.175 e. The number of nitrogens with zero attached hydrogens (tertiary/aromatic N) is 1. The largest absolute Gasteiger partial charge is 0.311 e. The summed E-state index contributed by atoms with van der Waals surface area (Å²) in [6, 6.07) is 8.43. The summed E-state index contributed by atoms with van der Waals surface area (Å²) in [6.07, 6.45) is 5.07. The first kappa shape index (κ1) is 17.8. The van der Waals surface area contributed by atoms with Gasteiger partial charge in [-0.3, -0.25) is 5.43 Å². The van der Waals surface area contributed by atoms with Crippen LogP contribution in [-0.2, 0) is 9.84 Å². The second-order valence-electron chi connectivity index (χ2n) is 7.56. The molecule has 3 aliphatic heterocycles. The van der Waals surface area contributed by atoms with Crippen LogP contribution in [0.25, 0.3) is 0 Å². The van der Waals surface area contributed by atoms with Gasteiger partial charge in [-0.2, -0.15) is 11.8 Å². The van der Waals surface area contributed by atoms with Crippen LogP contribution in [-0.4, -0.2) is 62.4 Å². The Hall–Kier alpha value is -0.600. The maximum absolute atomic E-state index is 11.6. The van der Waals surface area contributed by atoms with Crippen molar-refractivity contribution >= 4 is 21.6 Å². The molecule has 4 rings (SSSR count). The minimum atomic E-state index is -3.12. The Morgan fingerprint density at radius 1 is 1.24 bits per heavy atom. The number of piperidine rings is 1. The van der Waals surface area contributed by atoms with E-state index in [1.165, 1.54) is 30.4 Å². The number of nitrogens with one attached hydrogen (secondary N) is 2. The van der Waals surface area contributed by atoms with Crippen LogP contribution in [0.5, 0.6) is 0 Å². The molecule has 3 saturated heterocycles. The lowest BCUT2D eigenvalue weighted by molar-refractivity contribution is 0.229. The molecule has 3 fully saturated rings. The summed E-state index contributed by atoms with van der Waals surface area (Å²) < 4.78 is 23.2. The average Bonchev–Trinajstić information content (AvgIpc) is 3.22. The predicted octanol–water partition coefficient (Wildman–Crippen LogP) is 1.62. The van der Waals surface area contributed by atoms with Crippen molar-refractivity contribution in [1.82, 2.24) is 15.8 Å². The molecular weight excluding hydrogens is 354 g/mol. The summed E-state index contributed by atoms with van der Waals surface area (Å²) in [5, 5.41) is 6.90. The van der Waals surface area contributed by atoms with Crippen LogP contribution in [0.3, 0.4) is 0 Å². The Labute approximate surface area is 154 Å². The molecule has 1 aromatic carbocycles. The highest BCUT2D eigenvalue weighted by molar-refractivity contribution is 8.00. The zero-order valence-electron chi connectivity index (χ0n) is 14.6. The van der Waals surface area contributed by atoms with Gasteiger partial charge in [0.15, 0.2) is 9.84 Å². The molecule has 0 aromatic heterocycles. The van der Waals surface area contributed by atoms with E-state index >= 15 is 0 Å². The van der Waals surface area contributed by atoms with Gasteiger partial charge in [0.05, 0.1) is 4.90 Å². The third-order valence-corrected chi connectivity index (χ3v) is 8.15. The molecule has 7 heteroatoms. The SMILES string of the molecule is CS(=O)(=O)c1ccc(C2CNC3CN(CC4CCCS4)NC3C2)cc1. The summed E-state index contributed by atoms with van der Waals surface area (Å²) >= 11 is 2.11. The van der Waals surface area contributed by atoms with Crippen LogP contribution < -0.4 is 10.7 Å². The second-order valence-corrected chi connectivity index (χ2v) is 11.0. The highest BCUT2D eigenvalue weighted by Crippen LogP contribution is 2.31. The van der Waals surface area contributed by atoms with E-state index in [0.717, 1.165) is 31.3 Å². The molecule has 0 spiro atoms. The maximum atomic E-state index is 11.6. The monoisotopic (exact) mass is 381 g/mol. The highest BCUT2D eigenvalue weighted by Gasteiger charge is 2.38. The number of fused-ring (bicyclic) bond motifs is 1. The van der Waals surface area contributed by atoms with Crippen LogP contribution >= 0.6 is 11.8 Å². The lowest BCUT2D eigenvalue weighted by atomic mass is 9.86. The lowest BCUT2D eigenvalue weighted by Gasteiger charge is -2.32. The molecule has 3 heterocycles. The molecule has 2 N–H and O–H groups in total. The van der Waals surface area contributed by atoms with E-state index in [-0.39, 0.29) is 0 Å². The van der Waals surface area contributed by atoms with Gasteiger partial charge in [-0.1, -0.05) is 12.1 Å². The van der Waals surface area contributed by atoms with Crippen molar-refractivity contribution in [3.05, 3.63) is 29.8 Å². The normalized spacial score (nSPS) is 33.5. The first-order valence-corrected chi connectivity index (χ1v) is 12.1. The molecule has 0 saturated carbocycles. The Bertz CT molecular complexity index is 702. The number of hydrazine groups is 1. The minimum Gasteiger partial charge on any atom is -0.311 e. The Morgan fingerprint density at radius 3 is 2.72 bits per heavy atom. The Kier molecular flexibility index (Phi) is 5.12. The fourth-order valence-corrected chi connectivity index (χ4v) is 6.17. The second kappa shape index (κ2) is 7.19. The minimum absolute atomic E-state index is 0.400. The Morgan fingerprint density at radius 2 is 2.04 bits per heavy atom. The van der Waals surface area contributed by atoms with Gasteiger partial charge >= 0.3 is 0 Å². The summed E-state index contributed by atoms with van der Waals surface area (Å²) in [5.74, 6) is 1.75. The molecule has 3 aliphatic rings. The number of sulfone groups is 1. The van der Waals surface area contributed by atoms with E-state index in [4.69, 9.17) is 0 Å². The van der Waals surface area contributed by atoms with Crippen LogP contribution in [0.15, 0.2) is 29.2 Å². The summed E-state index contributed by atoms with van der Waals surface area (Å²) in [6.45, 7) is 3.20. The number of hydrogen-bond donors (Lipinski definition) is 2. The van der Waals surface area contributed by atoms with Crippen LogP contribution in [0.1, 0.15) is 30.7 Å². The van der Waals surface area contributed by atoms with Crippen LogP contribution in [0.2, 0.25) is 0 Å². The number of hydrogen-bond acceptors (Lipinski definition) is 6. The van der Waals surface area contributed by atoms with Crippen molar-refractivity contribution < 1.29 is 8.42 Å². The summed E-state index contributed by atoms with van der Waals surface area (Å²) in [4.78, 5) is 0.400. The maximum Gasteiger partial charge on any atom is 0.175 e. The zero-order chi connectivity index (χ0) is 17.4. The summed E-state index contributed by atoms with van der Waals surface area (Å²) in [5.41, 5.74) is 4.94. The van der Waals surface area contributed by atoms with Crippen molar-refractivity contribution in [2.75, 3.05) is 31.6 Å². The van der Waals surface area contributed by atoms with Gasteiger partial charge in [-0.05, 0) is 48.6 Å². The van der Waals surface area contributed by atoms with Crippen molar-refractivity contribution in [1.29, 1.82) is 0 Å². The Balaban J connectivity index is 1.37.